The number of esters is 1. The summed E-state index contributed by atoms with van der Waals surface area (Å²) in [5.74, 6) is -1.02. The molecule has 3 aromatic rings. The minimum atomic E-state index is -4.59. The Hall–Kier alpha value is -4.10. The zero-order valence-electron chi connectivity index (χ0n) is 21.6. The molecule has 0 aromatic heterocycles. The topological polar surface area (TPSA) is 102 Å². The van der Waals surface area contributed by atoms with E-state index in [1.165, 1.54) is 49.5 Å². The van der Waals surface area contributed by atoms with Gasteiger partial charge in [0.15, 0.2) is 11.5 Å². The Morgan fingerprint density at radius 3 is 2.10 bits per heavy atom. The van der Waals surface area contributed by atoms with Crippen LogP contribution in [0.4, 0.5) is 18.9 Å². The molecule has 0 spiro atoms. The quantitative estimate of drug-likeness (QED) is 0.279. The van der Waals surface area contributed by atoms with Crippen molar-refractivity contribution < 1.29 is 45.4 Å². The lowest BCUT2D eigenvalue weighted by molar-refractivity contribution is -0.142. The van der Waals surface area contributed by atoms with Gasteiger partial charge in [-0.15, -0.1) is 0 Å². The van der Waals surface area contributed by atoms with E-state index in [4.69, 9.17) is 14.2 Å². The molecule has 1 fully saturated rings. The van der Waals surface area contributed by atoms with Crippen LogP contribution in [0.2, 0.25) is 0 Å². The van der Waals surface area contributed by atoms with E-state index < -0.39 is 52.3 Å². The number of carbonyl (C=O) groups excluding carboxylic acids is 2. The molecule has 2 unspecified atom stereocenters. The molecule has 4 rings (SSSR count). The fourth-order valence-corrected chi connectivity index (χ4v) is 6.03. The van der Waals surface area contributed by atoms with Gasteiger partial charge < -0.3 is 19.1 Å². The molecule has 2 atom stereocenters. The highest BCUT2D eigenvalue weighted by molar-refractivity contribution is 7.89. The number of anilines is 1. The van der Waals surface area contributed by atoms with Gasteiger partial charge in [0.05, 0.1) is 37.8 Å². The summed E-state index contributed by atoms with van der Waals surface area (Å²) < 4.78 is 83.1. The third-order valence-corrected chi connectivity index (χ3v) is 8.30. The van der Waals surface area contributed by atoms with Crippen molar-refractivity contribution in [2.45, 2.75) is 23.2 Å². The maximum Gasteiger partial charge on any atom is 0.416 e. The smallest absolute Gasteiger partial charge is 0.416 e. The number of alkyl halides is 3. The highest BCUT2D eigenvalue weighted by Crippen LogP contribution is 2.45. The summed E-state index contributed by atoms with van der Waals surface area (Å²) in [6.07, 6.45) is -4.59. The number of benzene rings is 3. The lowest BCUT2D eigenvalue weighted by atomic mass is 9.87. The summed E-state index contributed by atoms with van der Waals surface area (Å²) in [7, 11) is -0.524. The number of hydrogen-bond acceptors (Lipinski definition) is 7. The predicted molar refractivity (Wildman–Crippen MR) is 137 cm³/mol. The van der Waals surface area contributed by atoms with Gasteiger partial charge in [0.2, 0.25) is 15.9 Å². The van der Waals surface area contributed by atoms with E-state index in [0.29, 0.717) is 11.3 Å². The average molecular weight is 579 g/mol. The third kappa shape index (κ3) is 5.34. The van der Waals surface area contributed by atoms with Gasteiger partial charge in [-0.2, -0.15) is 17.5 Å². The standard InChI is InChI=1S/C27H25F3N2O7S/c1-37-21-14-9-17(15-22(21)38-2)24-25(26(34)32(24)19-12-10-18(11-13-19)27(28,29)30)31(16-23(33)39-3)40(35,36)20-7-5-4-6-8-20/h4-15,24-25H,16H2,1-3H3. The number of carbonyl (C=O) groups is 2. The second kappa shape index (κ2) is 11.2. The van der Waals surface area contributed by atoms with Crippen molar-refractivity contribution in [2.75, 3.05) is 32.8 Å². The largest absolute Gasteiger partial charge is 0.493 e. The molecule has 1 amide bonds. The zero-order valence-corrected chi connectivity index (χ0v) is 22.4. The Morgan fingerprint density at radius 2 is 1.55 bits per heavy atom. The fraction of sp³-hybridized carbons (Fsp3) is 0.259. The second-order valence-electron chi connectivity index (χ2n) is 8.70. The van der Waals surface area contributed by atoms with E-state index in [1.807, 2.05) is 0 Å². The maximum atomic E-state index is 13.7. The molecule has 0 saturated carbocycles. The first-order valence-corrected chi connectivity index (χ1v) is 13.2. The van der Waals surface area contributed by atoms with E-state index in [0.717, 1.165) is 35.7 Å². The number of β-lactam (4-membered cyclic amide) rings is 1. The maximum absolute atomic E-state index is 13.7. The first kappa shape index (κ1) is 28.9. The second-order valence-corrected chi connectivity index (χ2v) is 10.6. The van der Waals surface area contributed by atoms with Gasteiger partial charge >= 0.3 is 12.1 Å². The van der Waals surface area contributed by atoms with Crippen molar-refractivity contribution in [3.8, 4) is 11.5 Å². The van der Waals surface area contributed by atoms with Crippen molar-refractivity contribution in [3.05, 3.63) is 83.9 Å². The lowest BCUT2D eigenvalue weighted by Gasteiger charge is -2.50. The van der Waals surface area contributed by atoms with Gasteiger partial charge in [-0.1, -0.05) is 24.3 Å². The summed E-state index contributed by atoms with van der Waals surface area (Å²) in [5.41, 5.74) is -0.424. The van der Waals surface area contributed by atoms with Crippen LogP contribution in [-0.4, -0.2) is 58.5 Å². The van der Waals surface area contributed by atoms with E-state index in [1.54, 1.807) is 18.2 Å². The van der Waals surface area contributed by atoms with Crippen LogP contribution in [0.1, 0.15) is 17.2 Å². The number of hydrogen-bond donors (Lipinski definition) is 0. The minimum absolute atomic E-state index is 0.101. The Kier molecular flexibility index (Phi) is 8.08. The molecule has 1 heterocycles. The molecule has 0 radical (unpaired) electrons. The van der Waals surface area contributed by atoms with E-state index >= 15 is 0 Å². The number of rotatable bonds is 9. The van der Waals surface area contributed by atoms with Crippen LogP contribution in [0.15, 0.2) is 77.7 Å². The molecule has 0 aliphatic carbocycles. The lowest BCUT2D eigenvalue weighted by Crippen LogP contribution is -2.67. The van der Waals surface area contributed by atoms with Crippen molar-refractivity contribution in [1.82, 2.24) is 4.31 Å². The van der Waals surface area contributed by atoms with Gasteiger partial charge in [0, 0.05) is 5.69 Å². The van der Waals surface area contributed by atoms with E-state index in [9.17, 15) is 31.2 Å². The van der Waals surface area contributed by atoms with E-state index in [2.05, 4.69) is 0 Å². The Morgan fingerprint density at radius 1 is 0.925 bits per heavy atom. The van der Waals surface area contributed by atoms with Crippen LogP contribution in [0, 0.1) is 0 Å². The molecular formula is C27H25F3N2O7S. The Labute approximate surface area is 228 Å². The number of ether oxygens (including phenoxy) is 3. The number of halogens is 3. The van der Waals surface area contributed by atoms with E-state index in [-0.39, 0.29) is 16.3 Å². The van der Waals surface area contributed by atoms with Crippen LogP contribution < -0.4 is 14.4 Å². The third-order valence-electron chi connectivity index (χ3n) is 6.46. The first-order valence-electron chi connectivity index (χ1n) is 11.8. The Balaban J connectivity index is 1.86. The summed E-state index contributed by atoms with van der Waals surface area (Å²) in [6, 6.07) is 13.3. The summed E-state index contributed by atoms with van der Waals surface area (Å²) >= 11 is 0. The monoisotopic (exact) mass is 578 g/mol. The van der Waals surface area contributed by atoms with Gasteiger partial charge in [-0.3, -0.25) is 9.59 Å². The fourth-order valence-electron chi connectivity index (χ4n) is 4.47. The van der Waals surface area contributed by atoms with Gasteiger partial charge in [-0.05, 0) is 54.1 Å². The molecule has 9 nitrogen and oxygen atoms in total. The molecule has 212 valence electrons. The number of nitrogens with zero attached hydrogens (tertiary/aromatic N) is 2. The molecule has 0 N–H and O–H groups in total. The van der Waals surface area contributed by atoms with Crippen LogP contribution in [0.25, 0.3) is 0 Å². The molecule has 40 heavy (non-hydrogen) atoms. The van der Waals surface area contributed by atoms with Gasteiger partial charge in [-0.25, -0.2) is 8.42 Å². The molecule has 13 heteroatoms. The van der Waals surface area contributed by atoms with Crippen molar-refractivity contribution in [1.29, 1.82) is 0 Å². The summed E-state index contributed by atoms with van der Waals surface area (Å²) in [5, 5.41) is 0. The van der Waals surface area contributed by atoms with Crippen LogP contribution in [0.3, 0.4) is 0 Å². The predicted octanol–water partition coefficient (Wildman–Crippen LogP) is 4.04. The van der Waals surface area contributed by atoms with Gasteiger partial charge in [0.25, 0.3) is 0 Å². The molecule has 1 aliphatic rings. The van der Waals surface area contributed by atoms with Crippen LogP contribution in [-0.2, 0) is 30.5 Å². The highest BCUT2D eigenvalue weighted by Gasteiger charge is 2.56. The normalized spacial score (nSPS) is 17.4. The molecule has 1 aliphatic heterocycles. The van der Waals surface area contributed by atoms with Crippen molar-refractivity contribution >= 4 is 27.6 Å². The Bertz CT molecular complexity index is 1500. The molecule has 0 bridgehead atoms. The summed E-state index contributed by atoms with van der Waals surface area (Å²) in [4.78, 5) is 27.1. The number of methoxy groups -OCH3 is 3. The highest BCUT2D eigenvalue weighted by atomic mass is 32.2. The van der Waals surface area contributed by atoms with Crippen LogP contribution in [0.5, 0.6) is 11.5 Å². The number of sulfonamides is 1. The molecular weight excluding hydrogens is 553 g/mol. The SMILES string of the molecule is COC(=O)CN(C1C(=O)N(c2ccc(C(F)(F)F)cc2)C1c1ccc(OC)c(OC)c1)S(=O)(=O)c1ccccc1. The number of amides is 1. The zero-order chi connectivity index (χ0) is 29.2. The van der Waals surface area contributed by atoms with Crippen LogP contribution >= 0.6 is 0 Å². The van der Waals surface area contributed by atoms with Gasteiger partial charge in [0.1, 0.15) is 12.6 Å². The summed E-state index contributed by atoms with van der Waals surface area (Å²) in [6.45, 7) is -0.783. The minimum Gasteiger partial charge on any atom is -0.493 e. The van der Waals surface area contributed by atoms with Crippen molar-refractivity contribution in [2.24, 2.45) is 0 Å². The molecule has 1 saturated heterocycles. The molecule has 3 aromatic carbocycles. The van der Waals surface area contributed by atoms with Crippen molar-refractivity contribution in [3.63, 3.8) is 0 Å². The first-order chi connectivity index (χ1) is 18.9. The average Bonchev–Trinajstić information content (AvgIpc) is 2.95.